The van der Waals surface area contributed by atoms with E-state index in [1.807, 2.05) is 18.2 Å². The number of halogens is 1. The fourth-order valence-electron chi connectivity index (χ4n) is 6.37. The number of carboxylic acid groups (broad SMARTS) is 1. The summed E-state index contributed by atoms with van der Waals surface area (Å²) in [5.74, 6) is -1.65. The Morgan fingerprint density at radius 3 is 2.74 bits per heavy atom. The third-order valence-electron chi connectivity index (χ3n) is 8.43. The number of benzene rings is 2. The van der Waals surface area contributed by atoms with E-state index in [2.05, 4.69) is 15.4 Å². The lowest BCUT2D eigenvalue weighted by Crippen LogP contribution is -2.65. The van der Waals surface area contributed by atoms with E-state index in [1.165, 1.54) is 17.4 Å². The molecule has 42 heavy (non-hydrogen) atoms. The van der Waals surface area contributed by atoms with E-state index in [0.717, 1.165) is 16.6 Å². The third-order valence-corrected chi connectivity index (χ3v) is 9.32. The molecule has 8 rings (SSSR count). The van der Waals surface area contributed by atoms with Crippen molar-refractivity contribution in [3.05, 3.63) is 64.1 Å². The topological polar surface area (TPSA) is 132 Å². The highest BCUT2D eigenvalue weighted by atomic mass is 32.1. The number of hydrogen-bond donors (Lipinski definition) is 2. The summed E-state index contributed by atoms with van der Waals surface area (Å²) in [6.07, 6.45) is 2.80. The molecule has 0 spiro atoms. The number of hydrogen-bond acceptors (Lipinski definition) is 7. The van der Waals surface area contributed by atoms with E-state index in [4.69, 9.17) is 10.2 Å². The summed E-state index contributed by atoms with van der Waals surface area (Å²) < 4.78 is 17.4. The molecule has 0 radical (unpaired) electrons. The highest BCUT2D eigenvalue weighted by Gasteiger charge is 2.44. The van der Waals surface area contributed by atoms with Crippen LogP contribution in [0.2, 0.25) is 0 Å². The first-order valence-electron chi connectivity index (χ1n) is 13.7. The molecule has 3 aliphatic rings. The van der Waals surface area contributed by atoms with Gasteiger partial charge in [-0.15, -0.1) is 21.0 Å². The molecule has 4 bridgehead atoms. The number of quaternary nitrogens is 1. The highest BCUT2D eigenvalue weighted by Crippen LogP contribution is 2.42. The van der Waals surface area contributed by atoms with Crippen molar-refractivity contribution in [1.82, 2.24) is 34.6 Å². The standard InChI is InChI=1S/C29H26FN7O4S/c1-16(38)37-7-5-17(6-8-37)29-28-20(21-11-24-18(9-22(21)30)12-32-36(24)37)3-2-4-23(28)35(34-29)14-25(39)31-13-26-33-19(15-42-26)10-27(40)41/h2-4,9,11-12,15,17H,5-8,10,13-14H2,1H3,(H-,31,39,40,41)/p+1. The molecule has 3 aromatic heterocycles. The fourth-order valence-corrected chi connectivity index (χ4v) is 7.11. The summed E-state index contributed by atoms with van der Waals surface area (Å²) in [4.78, 5) is 43.1. The highest BCUT2D eigenvalue weighted by molar-refractivity contribution is 7.09. The van der Waals surface area contributed by atoms with Gasteiger partial charge >= 0.3 is 11.9 Å². The van der Waals surface area contributed by atoms with Crippen LogP contribution in [-0.2, 0) is 33.9 Å². The SMILES string of the molecule is CC(=O)[N+]12CCC(CC1)c1nn(CC(=O)NCc3nc(CC(=O)O)cs3)c3cccc(c13)-c1cc3c(cnn32)cc1F. The molecular weight excluding hydrogens is 561 g/mol. The quantitative estimate of drug-likeness (QED) is 0.290. The number of nitrogens with zero attached hydrogens (tertiary/aromatic N) is 6. The average molecular weight is 589 g/mol. The van der Waals surface area contributed by atoms with E-state index in [9.17, 15) is 14.4 Å². The van der Waals surface area contributed by atoms with Gasteiger partial charge in [-0.05, 0) is 23.8 Å². The molecule has 0 atom stereocenters. The normalized spacial score (nSPS) is 19.3. The molecule has 0 saturated carbocycles. The van der Waals surface area contributed by atoms with Crippen LogP contribution in [0, 0.1) is 5.82 Å². The number of fused-ring (bicyclic) bond motifs is 2. The summed E-state index contributed by atoms with van der Waals surface area (Å²) in [5.41, 5.74) is 3.75. The lowest BCUT2D eigenvalue weighted by molar-refractivity contribution is -0.138. The molecule has 13 heteroatoms. The van der Waals surface area contributed by atoms with Crippen LogP contribution in [0.15, 0.2) is 41.9 Å². The number of carbonyl (C=O) groups is 3. The molecule has 0 aliphatic carbocycles. The van der Waals surface area contributed by atoms with Gasteiger partial charge in [0.1, 0.15) is 36.0 Å². The van der Waals surface area contributed by atoms with Crippen LogP contribution in [0.25, 0.3) is 32.9 Å². The van der Waals surface area contributed by atoms with Gasteiger partial charge in [-0.3, -0.25) is 14.3 Å². The van der Waals surface area contributed by atoms with Crippen LogP contribution in [0.1, 0.15) is 42.1 Å². The summed E-state index contributed by atoms with van der Waals surface area (Å²) in [7, 11) is 0. The van der Waals surface area contributed by atoms with Gasteiger partial charge in [0.05, 0.1) is 43.0 Å². The molecule has 6 heterocycles. The van der Waals surface area contributed by atoms with E-state index in [1.54, 1.807) is 34.0 Å². The smallest absolute Gasteiger partial charge is 0.336 e. The van der Waals surface area contributed by atoms with Gasteiger partial charge in [0.2, 0.25) is 5.91 Å². The Bertz CT molecular complexity index is 1920. The summed E-state index contributed by atoms with van der Waals surface area (Å²) in [6, 6.07) is 8.84. The molecule has 5 aromatic rings. The number of aromatic nitrogens is 5. The van der Waals surface area contributed by atoms with Crippen LogP contribution in [0.3, 0.4) is 0 Å². The second-order valence-corrected chi connectivity index (χ2v) is 11.9. The zero-order chi connectivity index (χ0) is 29.2. The summed E-state index contributed by atoms with van der Waals surface area (Å²) >= 11 is 1.29. The van der Waals surface area contributed by atoms with Crippen molar-refractivity contribution in [2.75, 3.05) is 13.1 Å². The number of piperidine rings is 1. The van der Waals surface area contributed by atoms with Crippen molar-refractivity contribution in [2.24, 2.45) is 0 Å². The van der Waals surface area contributed by atoms with E-state index >= 15 is 4.39 Å². The molecule has 11 nitrogen and oxygen atoms in total. The summed E-state index contributed by atoms with van der Waals surface area (Å²) in [5, 5.41) is 25.1. The second-order valence-electron chi connectivity index (χ2n) is 10.9. The minimum atomic E-state index is -0.961. The first kappa shape index (κ1) is 26.4. The Labute approximate surface area is 242 Å². The predicted molar refractivity (Wildman–Crippen MR) is 154 cm³/mol. The van der Waals surface area contributed by atoms with Crippen LogP contribution in [0.4, 0.5) is 4.39 Å². The zero-order valence-electron chi connectivity index (χ0n) is 22.7. The lowest BCUT2D eigenvalue weighted by Gasteiger charge is -2.39. The number of aliphatic carboxylic acids is 1. The Morgan fingerprint density at radius 2 is 1.98 bits per heavy atom. The molecule has 2 aromatic carbocycles. The third kappa shape index (κ3) is 4.19. The number of rotatable bonds is 6. The molecule has 0 unspecified atom stereocenters. The van der Waals surface area contributed by atoms with Crippen molar-refractivity contribution in [3.63, 3.8) is 0 Å². The Kier molecular flexibility index (Phi) is 6.17. The molecule has 2 N–H and O–H groups in total. The lowest BCUT2D eigenvalue weighted by atomic mass is 9.88. The predicted octanol–water partition coefficient (Wildman–Crippen LogP) is 3.47. The van der Waals surface area contributed by atoms with E-state index < -0.39 is 11.8 Å². The molecular formula is C29H27FN7O4S+. The van der Waals surface area contributed by atoms with Crippen molar-refractivity contribution in [1.29, 1.82) is 0 Å². The van der Waals surface area contributed by atoms with Crippen LogP contribution < -0.4 is 9.91 Å². The maximum absolute atomic E-state index is 15.7. The van der Waals surface area contributed by atoms with Gasteiger partial charge in [0, 0.05) is 40.5 Å². The molecule has 3 aliphatic heterocycles. The Balaban J connectivity index is 1.29. The Morgan fingerprint density at radius 1 is 1.17 bits per heavy atom. The van der Waals surface area contributed by atoms with Gasteiger partial charge in [-0.2, -0.15) is 5.10 Å². The number of thiazole rings is 1. The van der Waals surface area contributed by atoms with Gasteiger partial charge in [0.15, 0.2) is 0 Å². The molecule has 214 valence electrons. The molecule has 1 saturated heterocycles. The average Bonchev–Trinajstić information content (AvgIpc) is 3.68. The maximum atomic E-state index is 15.7. The summed E-state index contributed by atoms with van der Waals surface area (Å²) in [6.45, 7) is 2.75. The minimum Gasteiger partial charge on any atom is -0.481 e. The maximum Gasteiger partial charge on any atom is 0.336 e. The van der Waals surface area contributed by atoms with Gasteiger partial charge in [0.25, 0.3) is 0 Å². The zero-order valence-corrected chi connectivity index (χ0v) is 23.5. The number of amides is 2. The number of nitrogens with one attached hydrogen (secondary N) is 1. The van der Waals surface area contributed by atoms with Crippen LogP contribution in [-0.4, -0.2) is 60.6 Å². The van der Waals surface area contributed by atoms with Crippen LogP contribution >= 0.6 is 11.3 Å². The van der Waals surface area contributed by atoms with Crippen molar-refractivity contribution >= 4 is 50.9 Å². The van der Waals surface area contributed by atoms with Crippen molar-refractivity contribution in [3.8, 4) is 11.1 Å². The first-order valence-corrected chi connectivity index (χ1v) is 14.6. The number of carbonyl (C=O) groups excluding carboxylic acids is 2. The van der Waals surface area contributed by atoms with E-state index in [0.29, 0.717) is 58.7 Å². The largest absolute Gasteiger partial charge is 0.481 e. The van der Waals surface area contributed by atoms with Crippen molar-refractivity contribution < 1.29 is 23.9 Å². The van der Waals surface area contributed by atoms with Crippen LogP contribution in [0.5, 0.6) is 0 Å². The minimum absolute atomic E-state index is 0.0113. The van der Waals surface area contributed by atoms with Crippen molar-refractivity contribution in [2.45, 2.75) is 45.2 Å². The first-order chi connectivity index (χ1) is 20.2. The van der Waals surface area contributed by atoms with Gasteiger partial charge in [-0.25, -0.2) is 14.2 Å². The number of carboxylic acids is 1. The monoisotopic (exact) mass is 588 g/mol. The van der Waals surface area contributed by atoms with Gasteiger partial charge in [-0.1, -0.05) is 16.9 Å². The van der Waals surface area contributed by atoms with E-state index in [-0.39, 0.29) is 41.8 Å². The molecule has 2 amide bonds. The second kappa shape index (κ2) is 9.81. The molecule has 1 fully saturated rings. The Hall–Kier alpha value is -4.49. The fraction of sp³-hybridized carbons (Fsp3) is 0.310. The van der Waals surface area contributed by atoms with Gasteiger partial charge < -0.3 is 10.4 Å².